The molecule has 1 aromatic rings. The summed E-state index contributed by atoms with van der Waals surface area (Å²) in [5.74, 6) is -0.799. The van der Waals surface area contributed by atoms with E-state index in [9.17, 15) is 14.4 Å². The molecule has 0 bridgehead atoms. The number of nitrogens with one attached hydrogen (secondary N) is 1. The molecule has 1 amide bonds. The topological polar surface area (TPSA) is 81.7 Å². The Labute approximate surface area is 117 Å². The minimum atomic E-state index is -0.489. The second-order valence-electron chi connectivity index (χ2n) is 4.06. The third kappa shape index (κ3) is 4.38. The fraction of sp³-hybridized carbons (Fsp3) is 0.357. The number of amides is 1. The molecular formula is C14H17NO5. The summed E-state index contributed by atoms with van der Waals surface area (Å²) < 4.78 is 9.97. The molecule has 1 N–H and O–H groups in total. The Morgan fingerprint density at radius 1 is 1.25 bits per heavy atom. The Morgan fingerprint density at radius 3 is 2.50 bits per heavy atom. The van der Waals surface area contributed by atoms with Crippen LogP contribution in [0.2, 0.25) is 0 Å². The lowest BCUT2D eigenvalue weighted by molar-refractivity contribution is -0.124. The number of methoxy groups -OCH3 is 1. The predicted octanol–water partition coefficient (Wildman–Crippen LogP) is 1.79. The van der Waals surface area contributed by atoms with Gasteiger partial charge in [-0.2, -0.15) is 0 Å². The number of rotatable bonds is 6. The van der Waals surface area contributed by atoms with Crippen LogP contribution in [-0.2, 0) is 14.3 Å². The fourth-order valence-corrected chi connectivity index (χ4v) is 1.57. The van der Waals surface area contributed by atoms with Crippen LogP contribution in [0.4, 0.5) is 5.69 Å². The number of Topliss-reactive ketones (excluding diaryl/α,β-unsaturated/α-hetero) is 1. The SMILES string of the molecule is CCOC(=O)c1ccc(OC)c(NC(=O)CC(C)=O)c1. The molecule has 0 heterocycles. The van der Waals surface area contributed by atoms with Crippen LogP contribution >= 0.6 is 0 Å². The molecule has 0 saturated heterocycles. The van der Waals surface area contributed by atoms with Gasteiger partial charge >= 0.3 is 5.97 Å². The molecule has 0 aliphatic heterocycles. The van der Waals surface area contributed by atoms with E-state index in [4.69, 9.17) is 9.47 Å². The van der Waals surface area contributed by atoms with Gasteiger partial charge in [0, 0.05) is 0 Å². The second kappa shape index (κ2) is 7.28. The van der Waals surface area contributed by atoms with Crippen LogP contribution < -0.4 is 10.1 Å². The first-order valence-electron chi connectivity index (χ1n) is 6.12. The third-order valence-corrected chi connectivity index (χ3v) is 2.39. The van der Waals surface area contributed by atoms with Crippen LogP contribution in [0.25, 0.3) is 0 Å². The van der Waals surface area contributed by atoms with Crippen molar-refractivity contribution < 1.29 is 23.9 Å². The molecule has 108 valence electrons. The standard InChI is InChI=1S/C14H17NO5/c1-4-20-14(18)10-5-6-12(19-3)11(8-10)15-13(17)7-9(2)16/h5-6,8H,4,7H2,1-3H3,(H,15,17). The number of hydrogen-bond acceptors (Lipinski definition) is 5. The van der Waals surface area contributed by atoms with Gasteiger partial charge in [0.25, 0.3) is 0 Å². The molecule has 0 aliphatic rings. The molecule has 6 nitrogen and oxygen atoms in total. The summed E-state index contributed by atoms with van der Waals surface area (Å²) in [5, 5.41) is 2.54. The maximum absolute atomic E-state index is 11.6. The number of hydrogen-bond donors (Lipinski definition) is 1. The van der Waals surface area contributed by atoms with E-state index in [1.165, 1.54) is 26.2 Å². The molecule has 0 atom stereocenters. The smallest absolute Gasteiger partial charge is 0.338 e. The van der Waals surface area contributed by atoms with Crippen molar-refractivity contribution in [1.29, 1.82) is 0 Å². The van der Waals surface area contributed by atoms with E-state index in [-0.39, 0.29) is 18.8 Å². The summed E-state index contributed by atoms with van der Waals surface area (Å²) >= 11 is 0. The number of esters is 1. The number of carbonyl (C=O) groups excluding carboxylic acids is 3. The number of anilines is 1. The van der Waals surface area contributed by atoms with E-state index in [2.05, 4.69) is 5.32 Å². The second-order valence-corrected chi connectivity index (χ2v) is 4.06. The Bertz CT molecular complexity index is 524. The predicted molar refractivity (Wildman–Crippen MR) is 72.9 cm³/mol. The summed E-state index contributed by atoms with van der Waals surface area (Å²) in [4.78, 5) is 34.1. The highest BCUT2D eigenvalue weighted by Gasteiger charge is 2.13. The van der Waals surface area contributed by atoms with Gasteiger partial charge in [0.05, 0.1) is 31.4 Å². The normalized spacial score (nSPS) is 9.75. The largest absolute Gasteiger partial charge is 0.495 e. The molecule has 0 radical (unpaired) electrons. The van der Waals surface area contributed by atoms with E-state index in [1.54, 1.807) is 13.0 Å². The lowest BCUT2D eigenvalue weighted by Crippen LogP contribution is -2.16. The molecule has 0 aliphatic carbocycles. The number of carbonyl (C=O) groups is 3. The Hall–Kier alpha value is -2.37. The van der Waals surface area contributed by atoms with Crippen LogP contribution in [-0.4, -0.2) is 31.4 Å². The van der Waals surface area contributed by atoms with Crippen molar-refractivity contribution >= 4 is 23.3 Å². The monoisotopic (exact) mass is 279 g/mol. The summed E-state index contributed by atoms with van der Waals surface area (Å²) in [7, 11) is 1.44. The minimum Gasteiger partial charge on any atom is -0.495 e. The van der Waals surface area contributed by atoms with Crippen molar-refractivity contribution in [3.8, 4) is 5.75 Å². The van der Waals surface area contributed by atoms with Crippen LogP contribution in [0.15, 0.2) is 18.2 Å². The Balaban J connectivity index is 2.97. The highest BCUT2D eigenvalue weighted by Crippen LogP contribution is 2.26. The van der Waals surface area contributed by atoms with Crippen LogP contribution in [0.5, 0.6) is 5.75 Å². The lowest BCUT2D eigenvalue weighted by Gasteiger charge is -2.11. The van der Waals surface area contributed by atoms with Crippen LogP contribution in [0.3, 0.4) is 0 Å². The quantitative estimate of drug-likeness (QED) is 0.634. The molecule has 0 saturated carbocycles. The van der Waals surface area contributed by atoms with Crippen molar-refractivity contribution in [3.63, 3.8) is 0 Å². The molecule has 0 spiro atoms. The van der Waals surface area contributed by atoms with E-state index in [0.29, 0.717) is 17.0 Å². The highest BCUT2D eigenvalue weighted by atomic mass is 16.5. The summed E-state index contributed by atoms with van der Waals surface area (Å²) in [6.07, 6.45) is -0.229. The molecule has 1 rings (SSSR count). The van der Waals surface area contributed by atoms with Crippen molar-refractivity contribution in [1.82, 2.24) is 0 Å². The number of ketones is 1. The molecule has 0 unspecified atom stereocenters. The van der Waals surface area contributed by atoms with Crippen LogP contribution in [0, 0.1) is 0 Å². The maximum atomic E-state index is 11.6. The van der Waals surface area contributed by atoms with Gasteiger partial charge in [-0.05, 0) is 32.0 Å². The van der Waals surface area contributed by atoms with Gasteiger partial charge in [0.2, 0.25) is 5.91 Å². The van der Waals surface area contributed by atoms with Gasteiger partial charge in [-0.25, -0.2) is 4.79 Å². The van der Waals surface area contributed by atoms with Gasteiger partial charge in [0.1, 0.15) is 11.5 Å². The van der Waals surface area contributed by atoms with Crippen molar-refractivity contribution in [3.05, 3.63) is 23.8 Å². The van der Waals surface area contributed by atoms with Gasteiger partial charge in [-0.1, -0.05) is 0 Å². The first-order valence-corrected chi connectivity index (χ1v) is 6.12. The number of ether oxygens (including phenoxy) is 2. The van der Waals surface area contributed by atoms with Crippen molar-refractivity contribution in [2.75, 3.05) is 19.0 Å². The molecule has 0 aromatic heterocycles. The van der Waals surface area contributed by atoms with E-state index >= 15 is 0 Å². The summed E-state index contributed by atoms with van der Waals surface area (Å²) in [6, 6.07) is 4.54. The third-order valence-electron chi connectivity index (χ3n) is 2.39. The van der Waals surface area contributed by atoms with Gasteiger partial charge in [-0.3, -0.25) is 9.59 Å². The van der Waals surface area contributed by atoms with E-state index in [1.807, 2.05) is 0 Å². The zero-order valence-electron chi connectivity index (χ0n) is 11.7. The highest BCUT2D eigenvalue weighted by molar-refractivity contribution is 6.04. The summed E-state index contributed by atoms with van der Waals surface area (Å²) in [5.41, 5.74) is 0.620. The molecule has 20 heavy (non-hydrogen) atoms. The fourth-order valence-electron chi connectivity index (χ4n) is 1.57. The average molecular weight is 279 g/mol. The molecule has 0 fully saturated rings. The average Bonchev–Trinajstić information content (AvgIpc) is 2.37. The Morgan fingerprint density at radius 2 is 1.95 bits per heavy atom. The first kappa shape index (κ1) is 15.7. The lowest BCUT2D eigenvalue weighted by atomic mass is 10.1. The molecule has 1 aromatic carbocycles. The van der Waals surface area contributed by atoms with E-state index < -0.39 is 11.9 Å². The summed E-state index contributed by atoms with van der Waals surface area (Å²) in [6.45, 7) is 3.29. The molecule has 6 heteroatoms. The van der Waals surface area contributed by atoms with E-state index in [0.717, 1.165) is 0 Å². The van der Waals surface area contributed by atoms with Crippen molar-refractivity contribution in [2.45, 2.75) is 20.3 Å². The van der Waals surface area contributed by atoms with Crippen LogP contribution in [0.1, 0.15) is 30.6 Å². The number of benzene rings is 1. The Kier molecular flexibility index (Phi) is 5.71. The zero-order chi connectivity index (χ0) is 15.1. The molecular weight excluding hydrogens is 262 g/mol. The van der Waals surface area contributed by atoms with Gasteiger partial charge < -0.3 is 14.8 Å². The van der Waals surface area contributed by atoms with Gasteiger partial charge in [-0.15, -0.1) is 0 Å². The maximum Gasteiger partial charge on any atom is 0.338 e. The van der Waals surface area contributed by atoms with Crippen molar-refractivity contribution in [2.24, 2.45) is 0 Å². The zero-order valence-corrected chi connectivity index (χ0v) is 11.7. The first-order chi connectivity index (χ1) is 9.47. The minimum absolute atomic E-state index is 0.229. The van der Waals surface area contributed by atoms with Gasteiger partial charge in [0.15, 0.2) is 0 Å².